The fourth-order valence-corrected chi connectivity index (χ4v) is 2.40. The first kappa shape index (κ1) is 20.9. The van der Waals surface area contributed by atoms with Crippen molar-refractivity contribution in [2.75, 3.05) is 13.7 Å². The van der Waals surface area contributed by atoms with Crippen LogP contribution >= 0.6 is 0 Å². The number of carbonyl (C=O) groups excluding carboxylic acids is 3. The van der Waals surface area contributed by atoms with Crippen LogP contribution in [0.2, 0.25) is 0 Å². The van der Waals surface area contributed by atoms with E-state index in [0.717, 1.165) is 0 Å². The Morgan fingerprint density at radius 3 is 2.14 bits per heavy atom. The van der Waals surface area contributed by atoms with Gasteiger partial charge in [0.25, 0.3) is 0 Å². The smallest absolute Gasteiger partial charge is 0.337 e. The zero-order valence-electron chi connectivity index (χ0n) is 16.0. The molecule has 0 unspecified atom stereocenters. The van der Waals surface area contributed by atoms with Gasteiger partial charge in [-0.25, -0.2) is 9.59 Å². The molecule has 0 bridgehead atoms. The molecule has 0 radical (unpaired) electrons. The first-order valence-electron chi connectivity index (χ1n) is 8.78. The van der Waals surface area contributed by atoms with Crippen LogP contribution in [-0.4, -0.2) is 37.5 Å². The van der Waals surface area contributed by atoms with Gasteiger partial charge < -0.3 is 14.2 Å². The molecule has 2 aromatic rings. The molecule has 146 valence electrons. The maximum absolute atomic E-state index is 12.4. The third-order valence-electron chi connectivity index (χ3n) is 3.86. The summed E-state index contributed by atoms with van der Waals surface area (Å²) in [5.41, 5.74) is 1.55. The van der Waals surface area contributed by atoms with Crippen LogP contribution in [-0.2, 0) is 14.3 Å². The Morgan fingerprint density at radius 2 is 1.57 bits per heavy atom. The van der Waals surface area contributed by atoms with Crippen molar-refractivity contribution >= 4 is 23.8 Å². The molecule has 2 rings (SSSR count). The van der Waals surface area contributed by atoms with Crippen LogP contribution in [0.25, 0.3) is 6.08 Å². The highest BCUT2D eigenvalue weighted by Gasteiger charge is 2.18. The molecule has 28 heavy (non-hydrogen) atoms. The number of hydrogen-bond acceptors (Lipinski definition) is 6. The number of ketones is 1. The highest BCUT2D eigenvalue weighted by atomic mass is 16.5. The molecule has 6 nitrogen and oxygen atoms in total. The van der Waals surface area contributed by atoms with E-state index in [0.29, 0.717) is 29.0 Å². The fourth-order valence-electron chi connectivity index (χ4n) is 2.40. The lowest BCUT2D eigenvalue weighted by Gasteiger charge is -2.11. The Hall–Kier alpha value is -3.41. The van der Waals surface area contributed by atoms with E-state index in [4.69, 9.17) is 9.47 Å². The lowest BCUT2D eigenvalue weighted by atomic mass is 10.1. The van der Waals surface area contributed by atoms with E-state index in [2.05, 4.69) is 4.74 Å². The van der Waals surface area contributed by atoms with Gasteiger partial charge >= 0.3 is 11.9 Å². The van der Waals surface area contributed by atoms with Gasteiger partial charge in [-0.2, -0.15) is 0 Å². The van der Waals surface area contributed by atoms with Gasteiger partial charge in [0.2, 0.25) is 5.78 Å². The summed E-state index contributed by atoms with van der Waals surface area (Å²) in [6.45, 7) is 3.94. The Morgan fingerprint density at radius 1 is 0.964 bits per heavy atom. The van der Waals surface area contributed by atoms with Gasteiger partial charge in [0, 0.05) is 11.6 Å². The van der Waals surface area contributed by atoms with E-state index >= 15 is 0 Å². The predicted octanol–water partition coefficient (Wildman–Crippen LogP) is 3.70. The molecule has 0 amide bonds. The maximum atomic E-state index is 12.4. The molecule has 2 aromatic carbocycles. The van der Waals surface area contributed by atoms with Crippen molar-refractivity contribution in [2.24, 2.45) is 0 Å². The standard InChI is InChI=1S/C22H22O6/c1-4-27-19-12-10-17(11-13-19)21(24)15(2)28-20(23)14-7-16-5-8-18(9-6-16)22(25)26-3/h5-15H,4H2,1-3H3/b14-7+/t15-/m1/s1. The Kier molecular flexibility index (Phi) is 7.51. The molecule has 0 aliphatic rings. The average Bonchev–Trinajstić information content (AvgIpc) is 2.72. The number of carbonyl (C=O) groups is 3. The van der Waals surface area contributed by atoms with Crippen molar-refractivity contribution in [1.29, 1.82) is 0 Å². The van der Waals surface area contributed by atoms with E-state index in [1.165, 1.54) is 26.2 Å². The van der Waals surface area contributed by atoms with E-state index in [1.54, 1.807) is 48.5 Å². The maximum Gasteiger partial charge on any atom is 0.337 e. The molecule has 0 fully saturated rings. The van der Waals surface area contributed by atoms with Crippen molar-refractivity contribution in [1.82, 2.24) is 0 Å². The van der Waals surface area contributed by atoms with Crippen molar-refractivity contribution < 1.29 is 28.6 Å². The minimum absolute atomic E-state index is 0.299. The molecule has 0 saturated carbocycles. The number of esters is 2. The number of rotatable bonds is 8. The zero-order valence-corrected chi connectivity index (χ0v) is 16.0. The molecule has 0 N–H and O–H groups in total. The first-order chi connectivity index (χ1) is 13.4. The Labute approximate surface area is 163 Å². The van der Waals surface area contributed by atoms with Crippen LogP contribution in [0, 0.1) is 0 Å². The van der Waals surface area contributed by atoms with Crippen molar-refractivity contribution in [3.05, 3.63) is 71.3 Å². The van der Waals surface area contributed by atoms with Gasteiger partial charge in [-0.05, 0) is 61.9 Å². The SMILES string of the molecule is CCOc1ccc(C(=O)[C@@H](C)OC(=O)/C=C/c2ccc(C(=O)OC)cc2)cc1. The summed E-state index contributed by atoms with van der Waals surface area (Å²) in [6.07, 6.45) is 1.85. The number of hydrogen-bond donors (Lipinski definition) is 0. The minimum Gasteiger partial charge on any atom is -0.494 e. The van der Waals surface area contributed by atoms with Gasteiger partial charge in [0.05, 0.1) is 19.3 Å². The molecule has 6 heteroatoms. The van der Waals surface area contributed by atoms with Gasteiger partial charge in [-0.3, -0.25) is 4.79 Å². The van der Waals surface area contributed by atoms with Crippen LogP contribution in [0.4, 0.5) is 0 Å². The third-order valence-corrected chi connectivity index (χ3v) is 3.86. The quantitative estimate of drug-likeness (QED) is 0.393. The van der Waals surface area contributed by atoms with Crippen LogP contribution in [0.3, 0.4) is 0 Å². The average molecular weight is 382 g/mol. The lowest BCUT2D eigenvalue weighted by Crippen LogP contribution is -2.23. The number of ether oxygens (including phenoxy) is 3. The fraction of sp³-hybridized carbons (Fsp3) is 0.227. The van der Waals surface area contributed by atoms with Crippen molar-refractivity contribution in [3.63, 3.8) is 0 Å². The molecule has 0 aliphatic carbocycles. The summed E-state index contributed by atoms with van der Waals surface area (Å²) < 4.78 is 15.1. The highest BCUT2D eigenvalue weighted by molar-refractivity contribution is 6.01. The molecule has 0 spiro atoms. The third kappa shape index (κ3) is 5.81. The minimum atomic E-state index is -0.920. The first-order valence-corrected chi connectivity index (χ1v) is 8.78. The molecule has 0 saturated heterocycles. The topological polar surface area (TPSA) is 78.9 Å². The molecule has 0 heterocycles. The summed E-state index contributed by atoms with van der Waals surface area (Å²) in [7, 11) is 1.31. The van der Waals surface area contributed by atoms with Crippen LogP contribution in [0.5, 0.6) is 5.75 Å². The van der Waals surface area contributed by atoms with Gasteiger partial charge in [0.15, 0.2) is 6.10 Å². The van der Waals surface area contributed by atoms with Gasteiger partial charge in [-0.1, -0.05) is 12.1 Å². The summed E-state index contributed by atoms with van der Waals surface area (Å²) in [5, 5.41) is 0. The second kappa shape index (κ2) is 10.1. The van der Waals surface area contributed by atoms with E-state index in [1.807, 2.05) is 6.92 Å². The van der Waals surface area contributed by atoms with Crippen LogP contribution < -0.4 is 4.74 Å². The Balaban J connectivity index is 1.93. The largest absolute Gasteiger partial charge is 0.494 e. The lowest BCUT2D eigenvalue weighted by molar-refractivity contribution is -0.140. The summed E-state index contributed by atoms with van der Waals surface area (Å²) in [4.78, 5) is 35.7. The number of methoxy groups -OCH3 is 1. The van der Waals surface area contributed by atoms with E-state index < -0.39 is 18.0 Å². The second-order valence-corrected chi connectivity index (χ2v) is 5.85. The predicted molar refractivity (Wildman–Crippen MR) is 104 cm³/mol. The molecular formula is C22H22O6. The molecule has 0 aliphatic heterocycles. The van der Waals surface area contributed by atoms with E-state index in [-0.39, 0.29) is 5.78 Å². The molecule has 0 aromatic heterocycles. The number of Topliss-reactive ketones (excluding diaryl/α,β-unsaturated/α-hetero) is 1. The highest BCUT2D eigenvalue weighted by Crippen LogP contribution is 2.15. The van der Waals surface area contributed by atoms with Crippen LogP contribution in [0.1, 0.15) is 40.1 Å². The summed E-state index contributed by atoms with van der Waals surface area (Å²) in [5.74, 6) is -0.697. The summed E-state index contributed by atoms with van der Waals surface area (Å²) in [6, 6.07) is 13.2. The molecule has 1 atom stereocenters. The van der Waals surface area contributed by atoms with E-state index in [9.17, 15) is 14.4 Å². The van der Waals surface area contributed by atoms with Gasteiger partial charge in [-0.15, -0.1) is 0 Å². The second-order valence-electron chi connectivity index (χ2n) is 5.85. The Bertz CT molecular complexity index is 850. The van der Waals surface area contributed by atoms with Crippen molar-refractivity contribution in [3.8, 4) is 5.75 Å². The van der Waals surface area contributed by atoms with Crippen molar-refractivity contribution in [2.45, 2.75) is 20.0 Å². The monoisotopic (exact) mass is 382 g/mol. The molecular weight excluding hydrogens is 360 g/mol. The van der Waals surface area contributed by atoms with Crippen LogP contribution in [0.15, 0.2) is 54.6 Å². The summed E-state index contributed by atoms with van der Waals surface area (Å²) >= 11 is 0. The van der Waals surface area contributed by atoms with Gasteiger partial charge in [0.1, 0.15) is 5.75 Å². The normalized spacial score (nSPS) is 11.7. The number of benzene rings is 2. The zero-order chi connectivity index (χ0) is 20.5.